The molecule has 2 bridgehead atoms. The van der Waals surface area contributed by atoms with Gasteiger partial charge in [0.15, 0.2) is 0 Å². The quantitative estimate of drug-likeness (QED) is 0.913. The van der Waals surface area contributed by atoms with Crippen LogP contribution in [0.4, 0.5) is 0 Å². The molecule has 4 heterocycles. The lowest BCUT2D eigenvalue weighted by molar-refractivity contribution is 0.0890. The summed E-state index contributed by atoms with van der Waals surface area (Å²) < 4.78 is 0. The predicted molar refractivity (Wildman–Crippen MR) is 79.3 cm³/mol. The molecular weight excluding hydrogens is 248 g/mol. The molecule has 3 aliphatic heterocycles. The number of fused-ring (bicyclic) bond motifs is 4. The first-order valence-electron chi connectivity index (χ1n) is 8.30. The fourth-order valence-corrected chi connectivity index (χ4v) is 4.25. The molecule has 1 aliphatic carbocycles. The number of H-pyrrole nitrogens is 1. The van der Waals surface area contributed by atoms with Crippen molar-refractivity contribution in [3.8, 4) is 0 Å². The van der Waals surface area contributed by atoms with E-state index in [1.54, 1.807) is 6.33 Å². The van der Waals surface area contributed by atoms with E-state index >= 15 is 0 Å². The van der Waals surface area contributed by atoms with Crippen molar-refractivity contribution < 1.29 is 0 Å². The summed E-state index contributed by atoms with van der Waals surface area (Å²) in [5.74, 6) is 1.90. The Hall–Kier alpha value is -0.870. The fourth-order valence-electron chi connectivity index (χ4n) is 4.25. The van der Waals surface area contributed by atoms with Crippen molar-refractivity contribution in [2.75, 3.05) is 26.2 Å². The summed E-state index contributed by atoms with van der Waals surface area (Å²) in [5.41, 5.74) is 1.26. The van der Waals surface area contributed by atoms with E-state index in [9.17, 15) is 0 Å². The zero-order valence-corrected chi connectivity index (χ0v) is 12.3. The van der Waals surface area contributed by atoms with Gasteiger partial charge in [-0.15, -0.1) is 0 Å². The molecule has 4 aliphatic rings. The van der Waals surface area contributed by atoms with Crippen molar-refractivity contribution in [2.24, 2.45) is 11.8 Å². The Morgan fingerprint density at radius 2 is 2.10 bits per heavy atom. The Kier molecular flexibility index (Phi) is 3.52. The molecule has 1 saturated carbocycles. The highest BCUT2D eigenvalue weighted by molar-refractivity contribution is 4.97. The highest BCUT2D eigenvalue weighted by atomic mass is 15.3. The van der Waals surface area contributed by atoms with Gasteiger partial charge in [-0.1, -0.05) is 6.42 Å². The summed E-state index contributed by atoms with van der Waals surface area (Å²) in [6.45, 7) is 6.29. The maximum absolute atomic E-state index is 4.15. The van der Waals surface area contributed by atoms with Crippen molar-refractivity contribution in [2.45, 2.75) is 44.7 Å². The van der Waals surface area contributed by atoms with E-state index in [0.717, 1.165) is 24.4 Å². The normalized spacial score (nSPS) is 32.2. The van der Waals surface area contributed by atoms with Crippen molar-refractivity contribution in [3.05, 3.63) is 18.2 Å². The number of nitrogens with zero attached hydrogens (tertiary/aromatic N) is 3. The molecule has 4 heteroatoms. The number of aromatic amines is 1. The largest absolute Gasteiger partial charge is 0.347 e. The molecule has 110 valence electrons. The summed E-state index contributed by atoms with van der Waals surface area (Å²) in [7, 11) is 0. The van der Waals surface area contributed by atoms with Gasteiger partial charge in [0.2, 0.25) is 0 Å². The second-order valence-electron chi connectivity index (χ2n) is 7.12. The number of nitrogens with one attached hydrogen (secondary N) is 1. The number of hydrogen-bond donors (Lipinski definition) is 1. The lowest BCUT2D eigenvalue weighted by Gasteiger charge is -2.40. The average molecular weight is 274 g/mol. The first kappa shape index (κ1) is 12.8. The Morgan fingerprint density at radius 1 is 1.15 bits per heavy atom. The van der Waals surface area contributed by atoms with Crippen LogP contribution in [-0.4, -0.2) is 52.0 Å². The molecule has 0 radical (unpaired) electrons. The molecule has 0 amide bonds. The summed E-state index contributed by atoms with van der Waals surface area (Å²) in [4.78, 5) is 12.9. The number of rotatable bonds is 4. The summed E-state index contributed by atoms with van der Waals surface area (Å²) >= 11 is 0. The Labute approximate surface area is 121 Å². The topological polar surface area (TPSA) is 35.2 Å². The van der Waals surface area contributed by atoms with Gasteiger partial charge in [-0.3, -0.25) is 9.80 Å². The van der Waals surface area contributed by atoms with E-state index in [1.165, 1.54) is 64.0 Å². The molecule has 4 fully saturated rings. The van der Waals surface area contributed by atoms with Crippen molar-refractivity contribution in [3.63, 3.8) is 0 Å². The van der Waals surface area contributed by atoms with E-state index in [1.807, 2.05) is 6.20 Å². The van der Waals surface area contributed by atoms with Crippen molar-refractivity contribution in [1.82, 2.24) is 19.8 Å². The van der Waals surface area contributed by atoms with Crippen LogP contribution in [0.15, 0.2) is 12.5 Å². The van der Waals surface area contributed by atoms with Crippen LogP contribution in [0.1, 0.15) is 37.8 Å². The summed E-state index contributed by atoms with van der Waals surface area (Å²) in [6, 6.07) is 0.803. The van der Waals surface area contributed by atoms with Crippen LogP contribution in [0.25, 0.3) is 0 Å². The lowest BCUT2D eigenvalue weighted by Crippen LogP contribution is -2.46. The number of aromatic nitrogens is 2. The van der Waals surface area contributed by atoms with Crippen LogP contribution in [0.2, 0.25) is 0 Å². The first-order chi connectivity index (χ1) is 9.87. The van der Waals surface area contributed by atoms with Gasteiger partial charge in [-0.25, -0.2) is 4.98 Å². The van der Waals surface area contributed by atoms with E-state index in [4.69, 9.17) is 0 Å². The predicted octanol–water partition coefficient (Wildman–Crippen LogP) is 2.11. The number of piperidine rings is 1. The highest BCUT2D eigenvalue weighted by Gasteiger charge is 2.36. The van der Waals surface area contributed by atoms with E-state index in [0.29, 0.717) is 0 Å². The van der Waals surface area contributed by atoms with Crippen LogP contribution in [-0.2, 0) is 6.54 Å². The maximum atomic E-state index is 4.15. The highest BCUT2D eigenvalue weighted by Crippen LogP contribution is 2.33. The third-order valence-electron chi connectivity index (χ3n) is 5.57. The monoisotopic (exact) mass is 274 g/mol. The van der Waals surface area contributed by atoms with Gasteiger partial charge in [0, 0.05) is 50.7 Å². The van der Waals surface area contributed by atoms with E-state index in [-0.39, 0.29) is 0 Å². The first-order valence-corrected chi connectivity index (χ1v) is 8.30. The minimum absolute atomic E-state index is 0.803. The van der Waals surface area contributed by atoms with Gasteiger partial charge < -0.3 is 4.98 Å². The van der Waals surface area contributed by atoms with Crippen LogP contribution in [0.5, 0.6) is 0 Å². The van der Waals surface area contributed by atoms with Gasteiger partial charge >= 0.3 is 0 Å². The van der Waals surface area contributed by atoms with Crippen molar-refractivity contribution >= 4 is 0 Å². The molecule has 5 rings (SSSR count). The molecule has 3 saturated heterocycles. The molecule has 1 aromatic heterocycles. The molecule has 2 atom stereocenters. The third kappa shape index (κ3) is 2.63. The Morgan fingerprint density at radius 3 is 2.85 bits per heavy atom. The standard InChI is InChI=1S/C16H26N4/c1-2-13(3-1)8-20-9-14-4-5-16(20)11-19(7-14)10-15-6-17-12-18-15/h6,12-14,16H,1-5,7-11H2,(H,17,18)/t14-,16+/m1/s1. The molecular formula is C16H26N4. The minimum Gasteiger partial charge on any atom is -0.347 e. The SMILES string of the molecule is c1ncc(CN2C[C@H]3CC[C@@H](C2)N(CC2CCC2)C3)[nH]1. The smallest absolute Gasteiger partial charge is 0.0922 e. The molecule has 1 aromatic rings. The second-order valence-corrected chi connectivity index (χ2v) is 7.12. The zero-order valence-electron chi connectivity index (χ0n) is 12.3. The number of imidazole rings is 1. The minimum atomic E-state index is 0.803. The average Bonchev–Trinajstić information content (AvgIpc) is 2.75. The molecule has 20 heavy (non-hydrogen) atoms. The van der Waals surface area contributed by atoms with Gasteiger partial charge in [-0.05, 0) is 37.5 Å². The fraction of sp³-hybridized carbons (Fsp3) is 0.812. The van der Waals surface area contributed by atoms with E-state index in [2.05, 4.69) is 19.8 Å². The van der Waals surface area contributed by atoms with E-state index < -0.39 is 0 Å². The second kappa shape index (κ2) is 5.49. The third-order valence-corrected chi connectivity index (χ3v) is 5.57. The van der Waals surface area contributed by atoms with Crippen molar-refractivity contribution in [1.29, 1.82) is 0 Å². The molecule has 1 N–H and O–H groups in total. The van der Waals surface area contributed by atoms with Gasteiger partial charge in [0.25, 0.3) is 0 Å². The molecule has 0 aromatic carbocycles. The maximum Gasteiger partial charge on any atom is 0.0922 e. The van der Waals surface area contributed by atoms with Gasteiger partial charge in [0.1, 0.15) is 0 Å². The summed E-state index contributed by atoms with van der Waals surface area (Å²) in [6.07, 6.45) is 11.0. The Balaban J connectivity index is 1.40. The van der Waals surface area contributed by atoms with Crippen LogP contribution < -0.4 is 0 Å². The van der Waals surface area contributed by atoms with Crippen LogP contribution in [0.3, 0.4) is 0 Å². The molecule has 4 nitrogen and oxygen atoms in total. The Bertz CT molecular complexity index is 426. The van der Waals surface area contributed by atoms with Crippen LogP contribution >= 0.6 is 0 Å². The number of hydrogen-bond acceptors (Lipinski definition) is 3. The van der Waals surface area contributed by atoms with Gasteiger partial charge in [-0.2, -0.15) is 0 Å². The lowest BCUT2D eigenvalue weighted by atomic mass is 9.83. The van der Waals surface area contributed by atoms with Crippen LogP contribution in [0, 0.1) is 11.8 Å². The molecule has 0 unspecified atom stereocenters. The molecule has 0 spiro atoms. The van der Waals surface area contributed by atoms with Gasteiger partial charge in [0.05, 0.1) is 6.33 Å². The zero-order chi connectivity index (χ0) is 13.4. The summed E-state index contributed by atoms with van der Waals surface area (Å²) in [5, 5.41) is 0.